The molecule has 1 heterocycles. The van der Waals surface area contributed by atoms with Gasteiger partial charge in [0.05, 0.1) is 0 Å². The van der Waals surface area contributed by atoms with Crippen LogP contribution in [0.4, 0.5) is 5.82 Å². The Balaban J connectivity index is 1.44. The Bertz CT molecular complexity index is 670. The molecule has 4 bridgehead atoms. The molecular weight excluding hydrogens is 322 g/mol. The molecule has 0 aliphatic heterocycles. The fraction of sp³-hybridized carbons (Fsp3) is 0.667. The molecule has 1 amide bonds. The second-order valence-electron chi connectivity index (χ2n) is 8.03. The van der Waals surface area contributed by atoms with Crippen molar-refractivity contribution in [2.24, 2.45) is 17.8 Å². The predicted octanol–water partition coefficient (Wildman–Crippen LogP) is 2.84. The van der Waals surface area contributed by atoms with E-state index in [1.54, 1.807) is 13.0 Å². The number of aromatic nitrogens is 1. The van der Waals surface area contributed by atoms with Crippen molar-refractivity contribution in [2.75, 3.05) is 0 Å². The summed E-state index contributed by atoms with van der Waals surface area (Å²) in [7, 11) is 0. The van der Waals surface area contributed by atoms with Crippen LogP contribution in [0.5, 0.6) is 5.75 Å². The normalized spacial score (nSPS) is 33.7. The number of hydrogen-bond acceptors (Lipinski definition) is 5. The van der Waals surface area contributed by atoms with Gasteiger partial charge in [-0.3, -0.25) is 4.79 Å². The van der Waals surface area contributed by atoms with E-state index < -0.39 is 11.0 Å². The molecule has 1 atom stereocenters. The number of hydrogen-bond donors (Lipinski definition) is 1. The summed E-state index contributed by atoms with van der Waals surface area (Å²) < 4.78 is 5.57. The minimum absolute atomic E-state index is 0.0284. The molecule has 0 saturated heterocycles. The summed E-state index contributed by atoms with van der Waals surface area (Å²) in [6.45, 7) is 1.63. The van der Waals surface area contributed by atoms with Crippen LogP contribution in [0.25, 0.3) is 0 Å². The Hall–Kier alpha value is -2.18. The summed E-state index contributed by atoms with van der Waals surface area (Å²) >= 11 is 0. The molecule has 4 fully saturated rings. The zero-order chi connectivity index (χ0) is 17.6. The largest absolute Gasteiger partial charge is 0.473 e. The Kier molecular flexibility index (Phi) is 3.89. The fourth-order valence-corrected chi connectivity index (χ4v) is 5.48. The summed E-state index contributed by atoms with van der Waals surface area (Å²) in [6.07, 6.45) is 7.65. The number of carbonyl (C=O) groups is 1. The van der Waals surface area contributed by atoms with E-state index in [2.05, 4.69) is 10.3 Å². The van der Waals surface area contributed by atoms with Crippen LogP contribution in [-0.4, -0.2) is 27.5 Å². The third-order valence-electron chi connectivity index (χ3n) is 6.02. The predicted molar refractivity (Wildman–Crippen MR) is 90.0 cm³/mol. The molecule has 25 heavy (non-hydrogen) atoms. The number of nitro groups is 1. The minimum Gasteiger partial charge on any atom is -0.473 e. The van der Waals surface area contributed by atoms with Crippen LogP contribution in [0.3, 0.4) is 0 Å². The first-order valence-electron chi connectivity index (χ1n) is 9.02. The lowest BCUT2D eigenvalue weighted by atomic mass is 9.53. The molecule has 4 aliphatic rings. The Morgan fingerprint density at radius 3 is 2.48 bits per heavy atom. The topological polar surface area (TPSA) is 94.4 Å². The average Bonchev–Trinajstić information content (AvgIpc) is 2.53. The van der Waals surface area contributed by atoms with Crippen molar-refractivity contribution in [3.05, 3.63) is 28.4 Å². The molecule has 0 spiro atoms. The highest BCUT2D eigenvalue weighted by Crippen LogP contribution is 2.55. The quantitative estimate of drug-likeness (QED) is 0.654. The van der Waals surface area contributed by atoms with Crippen LogP contribution < -0.4 is 10.1 Å². The van der Waals surface area contributed by atoms with E-state index in [0.717, 1.165) is 37.0 Å². The van der Waals surface area contributed by atoms with Crippen LogP contribution in [-0.2, 0) is 4.79 Å². The molecule has 0 aromatic carbocycles. The molecular formula is C18H23N3O4. The Labute approximate surface area is 146 Å². The van der Waals surface area contributed by atoms with Gasteiger partial charge in [0.1, 0.15) is 6.20 Å². The summed E-state index contributed by atoms with van der Waals surface area (Å²) in [4.78, 5) is 26.8. The lowest BCUT2D eigenvalue weighted by molar-refractivity contribution is -0.390. The van der Waals surface area contributed by atoms with Crippen molar-refractivity contribution in [2.45, 2.75) is 57.1 Å². The van der Waals surface area contributed by atoms with E-state index in [1.807, 2.05) is 0 Å². The van der Waals surface area contributed by atoms with Gasteiger partial charge < -0.3 is 20.2 Å². The van der Waals surface area contributed by atoms with E-state index in [9.17, 15) is 14.9 Å². The zero-order valence-electron chi connectivity index (χ0n) is 14.3. The molecule has 134 valence electrons. The maximum atomic E-state index is 12.7. The molecule has 0 radical (unpaired) electrons. The SMILES string of the molecule is CC(Oc1cccnc1[N+](=O)[O-])C(=O)NC12CC3CC(CC(C3)C1)C2. The number of nitrogens with zero attached hydrogens (tertiary/aromatic N) is 2. The van der Waals surface area contributed by atoms with E-state index >= 15 is 0 Å². The van der Waals surface area contributed by atoms with Crippen LogP contribution >= 0.6 is 0 Å². The van der Waals surface area contributed by atoms with Gasteiger partial charge in [0, 0.05) is 5.54 Å². The first kappa shape index (κ1) is 16.3. The zero-order valence-corrected chi connectivity index (χ0v) is 14.3. The average molecular weight is 345 g/mol. The maximum absolute atomic E-state index is 12.7. The lowest BCUT2D eigenvalue weighted by Crippen LogP contribution is -2.61. The molecule has 1 aromatic rings. The Morgan fingerprint density at radius 2 is 1.92 bits per heavy atom. The summed E-state index contributed by atoms with van der Waals surface area (Å²) in [6, 6.07) is 3.03. The van der Waals surface area contributed by atoms with Crippen molar-refractivity contribution in [1.82, 2.24) is 10.3 Å². The number of pyridine rings is 1. The molecule has 4 saturated carbocycles. The fourth-order valence-electron chi connectivity index (χ4n) is 5.48. The van der Waals surface area contributed by atoms with Crippen LogP contribution in [0.2, 0.25) is 0 Å². The maximum Gasteiger partial charge on any atom is 0.406 e. The van der Waals surface area contributed by atoms with Crippen molar-refractivity contribution < 1.29 is 14.5 Å². The van der Waals surface area contributed by atoms with Gasteiger partial charge in [-0.05, 0) is 85.2 Å². The van der Waals surface area contributed by atoms with Crippen LogP contribution in [0.15, 0.2) is 18.3 Å². The number of nitrogens with one attached hydrogen (secondary N) is 1. The smallest absolute Gasteiger partial charge is 0.406 e. The van der Waals surface area contributed by atoms with Crippen LogP contribution in [0.1, 0.15) is 45.4 Å². The number of amides is 1. The van der Waals surface area contributed by atoms with Crippen molar-refractivity contribution in [1.29, 1.82) is 0 Å². The van der Waals surface area contributed by atoms with Gasteiger partial charge >= 0.3 is 5.82 Å². The van der Waals surface area contributed by atoms with E-state index in [1.165, 1.54) is 31.5 Å². The third kappa shape index (κ3) is 3.07. The van der Waals surface area contributed by atoms with Gasteiger partial charge in [-0.15, -0.1) is 0 Å². The van der Waals surface area contributed by atoms with Crippen molar-refractivity contribution in [3.63, 3.8) is 0 Å². The van der Waals surface area contributed by atoms with Gasteiger partial charge in [0.2, 0.25) is 5.75 Å². The monoisotopic (exact) mass is 345 g/mol. The van der Waals surface area contributed by atoms with Gasteiger partial charge in [0.25, 0.3) is 5.91 Å². The summed E-state index contributed by atoms with van der Waals surface area (Å²) in [5.74, 6) is 1.68. The van der Waals surface area contributed by atoms with Gasteiger partial charge in [0.15, 0.2) is 6.10 Å². The van der Waals surface area contributed by atoms with E-state index in [-0.39, 0.29) is 23.0 Å². The molecule has 4 aliphatic carbocycles. The van der Waals surface area contributed by atoms with Crippen LogP contribution in [0, 0.1) is 27.9 Å². The highest BCUT2D eigenvalue weighted by Gasteiger charge is 2.51. The van der Waals surface area contributed by atoms with E-state index in [4.69, 9.17) is 4.74 Å². The highest BCUT2D eigenvalue weighted by molar-refractivity contribution is 5.81. The van der Waals surface area contributed by atoms with Gasteiger partial charge in [-0.25, -0.2) is 0 Å². The second kappa shape index (κ2) is 5.97. The molecule has 7 heteroatoms. The molecule has 1 aromatic heterocycles. The van der Waals surface area contributed by atoms with Gasteiger partial charge in [-0.1, -0.05) is 0 Å². The first-order chi connectivity index (χ1) is 11.9. The number of carbonyl (C=O) groups excluding carboxylic acids is 1. The number of rotatable bonds is 5. The summed E-state index contributed by atoms with van der Waals surface area (Å²) in [5.41, 5.74) is -0.0929. The lowest BCUT2D eigenvalue weighted by Gasteiger charge is -2.57. The standard InChI is InChI=1S/C18H23N3O4/c1-11(25-15-3-2-4-19-16(15)21(23)24)17(22)20-18-8-12-5-13(9-18)7-14(6-12)10-18/h2-4,11-14H,5-10H2,1H3,(H,20,22). The van der Waals surface area contributed by atoms with Crippen molar-refractivity contribution >= 4 is 11.7 Å². The third-order valence-corrected chi connectivity index (χ3v) is 6.02. The summed E-state index contributed by atoms with van der Waals surface area (Å²) in [5, 5.41) is 14.3. The minimum atomic E-state index is -0.795. The molecule has 5 rings (SSSR count). The number of ether oxygens (including phenoxy) is 1. The van der Waals surface area contributed by atoms with E-state index in [0.29, 0.717) is 0 Å². The second-order valence-corrected chi connectivity index (χ2v) is 8.03. The molecule has 1 unspecified atom stereocenters. The first-order valence-corrected chi connectivity index (χ1v) is 9.02. The van der Waals surface area contributed by atoms with Crippen molar-refractivity contribution in [3.8, 4) is 5.75 Å². The van der Waals surface area contributed by atoms with Gasteiger partial charge in [-0.2, -0.15) is 0 Å². The highest BCUT2D eigenvalue weighted by atomic mass is 16.6. The Morgan fingerprint density at radius 1 is 1.32 bits per heavy atom. The molecule has 1 N–H and O–H groups in total. The molecule has 7 nitrogen and oxygen atoms in total.